The molecule has 0 aliphatic carbocycles. The molecule has 1 saturated heterocycles. The largest absolute Gasteiger partial charge is 0.480 e. The van der Waals surface area contributed by atoms with Crippen molar-refractivity contribution in [3.63, 3.8) is 0 Å². The Bertz CT molecular complexity index is 229. The van der Waals surface area contributed by atoms with Crippen LogP contribution in [0.25, 0.3) is 0 Å². The summed E-state index contributed by atoms with van der Waals surface area (Å²) in [5.41, 5.74) is -0.536. The van der Waals surface area contributed by atoms with Gasteiger partial charge in [0.25, 0.3) is 0 Å². The van der Waals surface area contributed by atoms with Crippen LogP contribution in [0.4, 0.5) is 0 Å². The second-order valence-electron chi connectivity index (χ2n) is 5.41. The molecule has 0 bridgehead atoms. The Morgan fingerprint density at radius 1 is 1.40 bits per heavy atom. The fourth-order valence-electron chi connectivity index (χ4n) is 1.62. The zero-order valence-electron chi connectivity index (χ0n) is 9.80. The molecule has 88 valence electrons. The van der Waals surface area contributed by atoms with Gasteiger partial charge in [-0.15, -0.1) is 0 Å². The molecule has 0 aromatic rings. The van der Waals surface area contributed by atoms with Gasteiger partial charge in [0.1, 0.15) is 5.54 Å². The molecule has 0 aromatic heterocycles. The van der Waals surface area contributed by atoms with Crippen LogP contribution in [0.5, 0.6) is 0 Å². The number of hydrogen-bond donors (Lipinski definition) is 2. The Hall–Kier alpha value is -0.220. The molecule has 0 spiro atoms. The molecule has 0 atom stereocenters. The molecule has 1 rings (SSSR count). The van der Waals surface area contributed by atoms with Crippen molar-refractivity contribution in [1.29, 1.82) is 0 Å². The van der Waals surface area contributed by atoms with Crippen molar-refractivity contribution in [2.24, 2.45) is 5.41 Å². The molecule has 3 nitrogen and oxygen atoms in total. The van der Waals surface area contributed by atoms with Gasteiger partial charge in [-0.25, -0.2) is 0 Å². The van der Waals surface area contributed by atoms with E-state index in [1.54, 1.807) is 0 Å². The highest BCUT2D eigenvalue weighted by Gasteiger charge is 2.39. The maximum absolute atomic E-state index is 11.3. The maximum atomic E-state index is 11.3. The van der Waals surface area contributed by atoms with E-state index in [0.29, 0.717) is 0 Å². The first-order chi connectivity index (χ1) is 6.86. The second kappa shape index (κ2) is 4.74. The van der Waals surface area contributed by atoms with Gasteiger partial charge in [0, 0.05) is 6.54 Å². The summed E-state index contributed by atoms with van der Waals surface area (Å²) in [6, 6.07) is 0. The van der Waals surface area contributed by atoms with Gasteiger partial charge in [-0.1, -0.05) is 20.8 Å². The van der Waals surface area contributed by atoms with Crippen molar-refractivity contribution in [1.82, 2.24) is 5.32 Å². The summed E-state index contributed by atoms with van der Waals surface area (Å²) in [5, 5.41) is 12.6. The van der Waals surface area contributed by atoms with E-state index in [1.165, 1.54) is 0 Å². The molecule has 0 unspecified atom stereocenters. The summed E-state index contributed by atoms with van der Waals surface area (Å²) in [4.78, 5) is 11.3. The summed E-state index contributed by atoms with van der Waals surface area (Å²) >= 11 is 1.84. The van der Waals surface area contributed by atoms with Gasteiger partial charge in [0.2, 0.25) is 0 Å². The van der Waals surface area contributed by atoms with Crippen LogP contribution in [0.2, 0.25) is 0 Å². The average Bonchev–Trinajstić information content (AvgIpc) is 2.15. The molecule has 0 radical (unpaired) electrons. The lowest BCUT2D eigenvalue weighted by Gasteiger charge is -2.36. The number of hydrogen-bond acceptors (Lipinski definition) is 3. The van der Waals surface area contributed by atoms with Crippen molar-refractivity contribution in [3.05, 3.63) is 0 Å². The predicted molar refractivity (Wildman–Crippen MR) is 64.4 cm³/mol. The van der Waals surface area contributed by atoms with E-state index in [-0.39, 0.29) is 5.41 Å². The van der Waals surface area contributed by atoms with Crippen LogP contribution >= 0.6 is 11.8 Å². The lowest BCUT2D eigenvalue weighted by Crippen LogP contribution is -2.56. The van der Waals surface area contributed by atoms with Crippen LogP contribution in [0, 0.1) is 5.41 Å². The Morgan fingerprint density at radius 3 is 2.33 bits per heavy atom. The van der Waals surface area contributed by atoms with E-state index in [1.807, 2.05) is 11.8 Å². The molecular formula is C11H21NO2S. The van der Waals surface area contributed by atoms with Crippen molar-refractivity contribution in [2.75, 3.05) is 18.1 Å². The minimum Gasteiger partial charge on any atom is -0.480 e. The van der Waals surface area contributed by atoms with Gasteiger partial charge in [-0.05, 0) is 29.8 Å². The number of thioether (sulfide) groups is 1. The van der Waals surface area contributed by atoms with E-state index >= 15 is 0 Å². The normalized spacial score (nSPS) is 21.3. The van der Waals surface area contributed by atoms with Crippen LogP contribution in [0.15, 0.2) is 0 Å². The minimum atomic E-state index is -0.688. The van der Waals surface area contributed by atoms with Gasteiger partial charge in [-0.2, -0.15) is 11.8 Å². The second-order valence-corrected chi connectivity index (χ2v) is 6.64. The van der Waals surface area contributed by atoms with Gasteiger partial charge >= 0.3 is 5.97 Å². The fraction of sp³-hybridized carbons (Fsp3) is 0.909. The van der Waals surface area contributed by atoms with Crippen LogP contribution in [0.3, 0.4) is 0 Å². The SMILES string of the molecule is CC(C)(C)CNC1(C(=O)O)CCSCC1. The summed E-state index contributed by atoms with van der Waals surface area (Å²) < 4.78 is 0. The van der Waals surface area contributed by atoms with Crippen molar-refractivity contribution in [2.45, 2.75) is 39.2 Å². The van der Waals surface area contributed by atoms with Gasteiger partial charge in [0.15, 0.2) is 0 Å². The highest BCUT2D eigenvalue weighted by Crippen LogP contribution is 2.28. The molecule has 1 fully saturated rings. The van der Waals surface area contributed by atoms with Gasteiger partial charge in [-0.3, -0.25) is 4.79 Å². The Morgan fingerprint density at radius 2 is 1.93 bits per heavy atom. The summed E-state index contributed by atoms with van der Waals surface area (Å²) in [6.07, 6.45) is 1.48. The summed E-state index contributed by atoms with van der Waals surface area (Å²) in [7, 11) is 0. The van der Waals surface area contributed by atoms with Crippen molar-refractivity contribution in [3.8, 4) is 0 Å². The Labute approximate surface area is 96.0 Å². The molecule has 1 heterocycles. The van der Waals surface area contributed by atoms with Gasteiger partial charge < -0.3 is 10.4 Å². The monoisotopic (exact) mass is 231 g/mol. The summed E-state index contributed by atoms with van der Waals surface area (Å²) in [6.45, 7) is 7.11. The Kier molecular flexibility index (Phi) is 4.06. The van der Waals surface area contributed by atoms with E-state index < -0.39 is 11.5 Å². The number of carboxylic acids is 1. The third-order valence-electron chi connectivity index (χ3n) is 2.71. The van der Waals surface area contributed by atoms with Crippen LogP contribution in [0.1, 0.15) is 33.6 Å². The number of carboxylic acid groups (broad SMARTS) is 1. The number of aliphatic carboxylic acids is 1. The highest BCUT2D eigenvalue weighted by molar-refractivity contribution is 7.99. The van der Waals surface area contributed by atoms with Gasteiger partial charge in [0.05, 0.1) is 0 Å². The number of carbonyl (C=O) groups is 1. The molecule has 0 aromatic carbocycles. The lowest BCUT2D eigenvalue weighted by atomic mass is 9.89. The zero-order chi connectivity index (χ0) is 11.5. The Balaban J connectivity index is 2.61. The van der Waals surface area contributed by atoms with Crippen LogP contribution in [-0.4, -0.2) is 34.7 Å². The molecule has 0 saturated carbocycles. The standard InChI is InChI=1S/C11H21NO2S/c1-10(2,3)8-12-11(9(13)14)4-6-15-7-5-11/h12H,4-8H2,1-3H3,(H,13,14). The van der Waals surface area contributed by atoms with E-state index in [2.05, 4.69) is 26.1 Å². The van der Waals surface area contributed by atoms with Crippen molar-refractivity contribution < 1.29 is 9.90 Å². The zero-order valence-corrected chi connectivity index (χ0v) is 10.6. The predicted octanol–water partition coefficient (Wildman–Crippen LogP) is 1.97. The number of nitrogens with one attached hydrogen (secondary N) is 1. The quantitative estimate of drug-likeness (QED) is 0.779. The maximum Gasteiger partial charge on any atom is 0.323 e. The van der Waals surface area contributed by atoms with Crippen molar-refractivity contribution >= 4 is 17.7 Å². The molecule has 15 heavy (non-hydrogen) atoms. The summed E-state index contributed by atoms with van der Waals surface area (Å²) in [5.74, 6) is 1.21. The first-order valence-corrected chi connectivity index (χ1v) is 6.57. The molecule has 1 aliphatic rings. The molecule has 0 amide bonds. The average molecular weight is 231 g/mol. The smallest absolute Gasteiger partial charge is 0.323 e. The van der Waals surface area contributed by atoms with E-state index in [9.17, 15) is 9.90 Å². The molecular weight excluding hydrogens is 210 g/mol. The number of rotatable bonds is 3. The topological polar surface area (TPSA) is 49.3 Å². The first kappa shape index (κ1) is 12.8. The highest BCUT2D eigenvalue weighted by atomic mass is 32.2. The third-order valence-corrected chi connectivity index (χ3v) is 3.70. The van der Waals surface area contributed by atoms with Crippen LogP contribution in [-0.2, 0) is 4.79 Å². The molecule has 2 N–H and O–H groups in total. The first-order valence-electron chi connectivity index (χ1n) is 5.42. The molecule has 4 heteroatoms. The lowest BCUT2D eigenvalue weighted by molar-refractivity contribution is -0.145. The fourth-order valence-corrected chi connectivity index (χ4v) is 2.81. The minimum absolute atomic E-state index is 0.132. The van der Waals surface area contributed by atoms with E-state index in [4.69, 9.17) is 0 Å². The van der Waals surface area contributed by atoms with Crippen LogP contribution < -0.4 is 5.32 Å². The molecule has 1 aliphatic heterocycles. The third kappa shape index (κ3) is 3.68. The van der Waals surface area contributed by atoms with E-state index in [0.717, 1.165) is 30.9 Å².